The monoisotopic (exact) mass is 373 g/mol. The minimum atomic E-state index is -0.753. The fourth-order valence-corrected chi connectivity index (χ4v) is 2.52. The van der Waals surface area contributed by atoms with E-state index in [0.717, 1.165) is 18.0 Å². The molecule has 2 aromatic carbocycles. The molecule has 0 unspecified atom stereocenters. The number of carbonyl (C=O) groups is 1. The minimum Gasteiger partial charge on any atom is -0.497 e. The normalized spacial score (nSPS) is 10.4. The van der Waals surface area contributed by atoms with E-state index in [9.17, 15) is 4.79 Å². The van der Waals surface area contributed by atoms with E-state index in [1.165, 1.54) is 0 Å². The van der Waals surface area contributed by atoms with Gasteiger partial charge in [0.05, 0.1) is 19.8 Å². The van der Waals surface area contributed by atoms with Crippen LogP contribution in [-0.2, 0) is 4.74 Å². The van der Waals surface area contributed by atoms with E-state index in [4.69, 9.17) is 18.9 Å². The predicted octanol–water partition coefficient (Wildman–Crippen LogP) is 4.52. The van der Waals surface area contributed by atoms with Crippen LogP contribution in [0.15, 0.2) is 48.5 Å². The number of nitrogens with zero attached hydrogens (tertiary/aromatic N) is 1. The molecule has 6 heteroatoms. The van der Waals surface area contributed by atoms with Crippen LogP contribution in [0.4, 0.5) is 10.5 Å². The minimum absolute atomic E-state index is 0.0215. The Labute approximate surface area is 160 Å². The molecule has 0 radical (unpaired) electrons. The Morgan fingerprint density at radius 1 is 1.07 bits per heavy atom. The molecule has 2 aromatic rings. The molecule has 0 aliphatic rings. The fourth-order valence-electron chi connectivity index (χ4n) is 2.52. The quantitative estimate of drug-likeness (QED) is 0.476. The molecule has 0 N–H and O–H groups in total. The van der Waals surface area contributed by atoms with Gasteiger partial charge in [-0.3, -0.25) is 0 Å². The largest absolute Gasteiger partial charge is 0.514 e. The number of ether oxygens (including phenoxy) is 4. The van der Waals surface area contributed by atoms with E-state index in [2.05, 4.69) is 4.90 Å². The molecule has 0 fully saturated rings. The summed E-state index contributed by atoms with van der Waals surface area (Å²) in [6.07, 6.45) is -0.775. The van der Waals surface area contributed by atoms with E-state index < -0.39 is 6.16 Å². The van der Waals surface area contributed by atoms with Gasteiger partial charge in [-0.2, -0.15) is 0 Å². The molecular weight excluding hydrogens is 346 g/mol. The van der Waals surface area contributed by atoms with Crippen molar-refractivity contribution in [3.63, 3.8) is 0 Å². The Kier molecular flexibility index (Phi) is 7.79. The molecule has 0 saturated heterocycles. The summed E-state index contributed by atoms with van der Waals surface area (Å²) in [7, 11) is 1.63. The third-order valence-corrected chi connectivity index (χ3v) is 3.79. The van der Waals surface area contributed by atoms with Crippen molar-refractivity contribution in [2.75, 3.05) is 31.7 Å². The third kappa shape index (κ3) is 6.40. The number of rotatable bonds is 9. The van der Waals surface area contributed by atoms with Crippen molar-refractivity contribution in [2.24, 2.45) is 0 Å². The molecule has 0 amide bonds. The highest BCUT2D eigenvalue weighted by atomic mass is 16.7. The molecule has 0 atom stereocenters. The second kappa shape index (κ2) is 10.3. The van der Waals surface area contributed by atoms with Crippen molar-refractivity contribution >= 4 is 11.8 Å². The van der Waals surface area contributed by atoms with Crippen LogP contribution in [0.5, 0.6) is 17.2 Å². The van der Waals surface area contributed by atoms with Gasteiger partial charge >= 0.3 is 6.16 Å². The first-order valence-corrected chi connectivity index (χ1v) is 9.02. The van der Waals surface area contributed by atoms with Gasteiger partial charge < -0.3 is 23.8 Å². The van der Waals surface area contributed by atoms with Crippen molar-refractivity contribution in [1.29, 1.82) is 0 Å². The van der Waals surface area contributed by atoms with Gasteiger partial charge in [-0.05, 0) is 45.0 Å². The summed E-state index contributed by atoms with van der Waals surface area (Å²) in [5.41, 5.74) is 1.00. The second-order valence-corrected chi connectivity index (χ2v) is 6.10. The van der Waals surface area contributed by atoms with Gasteiger partial charge in [0.15, 0.2) is 11.5 Å². The van der Waals surface area contributed by atoms with Gasteiger partial charge in [0.25, 0.3) is 0 Å². The number of carbonyl (C=O) groups excluding carboxylic acids is 1. The molecule has 0 heterocycles. The van der Waals surface area contributed by atoms with Crippen LogP contribution < -0.4 is 19.1 Å². The second-order valence-electron chi connectivity index (χ2n) is 6.10. The summed E-state index contributed by atoms with van der Waals surface area (Å²) in [5, 5.41) is 0. The highest BCUT2D eigenvalue weighted by molar-refractivity contribution is 5.65. The van der Waals surface area contributed by atoms with Crippen LogP contribution in [0.2, 0.25) is 0 Å². The third-order valence-electron chi connectivity index (χ3n) is 3.79. The van der Waals surface area contributed by atoms with Crippen LogP contribution in [0.1, 0.15) is 20.8 Å². The zero-order valence-electron chi connectivity index (χ0n) is 16.3. The van der Waals surface area contributed by atoms with Crippen molar-refractivity contribution < 1.29 is 23.7 Å². The van der Waals surface area contributed by atoms with E-state index in [0.29, 0.717) is 18.0 Å². The van der Waals surface area contributed by atoms with Crippen molar-refractivity contribution in [1.82, 2.24) is 0 Å². The highest BCUT2D eigenvalue weighted by Gasteiger charge is 2.13. The lowest BCUT2D eigenvalue weighted by Gasteiger charge is -2.23. The molecule has 0 aliphatic heterocycles. The van der Waals surface area contributed by atoms with Crippen LogP contribution in [0.25, 0.3) is 0 Å². The van der Waals surface area contributed by atoms with E-state index in [-0.39, 0.29) is 12.7 Å². The van der Waals surface area contributed by atoms with Gasteiger partial charge in [-0.15, -0.1) is 0 Å². The molecule has 2 rings (SSSR count). The van der Waals surface area contributed by atoms with Crippen molar-refractivity contribution in [3.05, 3.63) is 48.5 Å². The van der Waals surface area contributed by atoms with E-state index in [1.807, 2.05) is 51.1 Å². The number of hydrogen-bond donors (Lipinski definition) is 0. The molecule has 0 aromatic heterocycles. The Bertz CT molecular complexity index is 732. The maximum atomic E-state index is 12.0. The zero-order chi connectivity index (χ0) is 19.6. The van der Waals surface area contributed by atoms with Crippen molar-refractivity contribution in [2.45, 2.75) is 26.9 Å². The molecule has 146 valence electrons. The summed E-state index contributed by atoms with van der Waals surface area (Å²) in [6, 6.07) is 14.8. The first-order valence-electron chi connectivity index (χ1n) is 9.02. The van der Waals surface area contributed by atoms with Gasteiger partial charge in [-0.1, -0.05) is 18.2 Å². The summed E-state index contributed by atoms with van der Waals surface area (Å²) in [4.78, 5) is 14.1. The zero-order valence-corrected chi connectivity index (χ0v) is 16.3. The lowest BCUT2D eigenvalue weighted by atomic mass is 10.2. The molecule has 0 aliphatic carbocycles. The number of hydrogen-bond acceptors (Lipinski definition) is 6. The summed E-state index contributed by atoms with van der Waals surface area (Å²) < 4.78 is 21.4. The molecule has 0 spiro atoms. The highest BCUT2D eigenvalue weighted by Crippen LogP contribution is 2.27. The van der Waals surface area contributed by atoms with Crippen LogP contribution >= 0.6 is 0 Å². The number of anilines is 1. The Hall–Kier alpha value is -2.89. The predicted molar refractivity (Wildman–Crippen MR) is 105 cm³/mol. The van der Waals surface area contributed by atoms with Gasteiger partial charge in [0.2, 0.25) is 0 Å². The maximum absolute atomic E-state index is 12.0. The molecule has 0 bridgehead atoms. The number of para-hydroxylation sites is 2. The van der Waals surface area contributed by atoms with Crippen LogP contribution in [0.3, 0.4) is 0 Å². The first kappa shape index (κ1) is 20.4. The van der Waals surface area contributed by atoms with E-state index in [1.54, 1.807) is 25.3 Å². The Balaban J connectivity index is 1.88. The lowest BCUT2D eigenvalue weighted by Crippen LogP contribution is -2.28. The fraction of sp³-hybridized carbons (Fsp3) is 0.381. The number of methoxy groups -OCH3 is 1. The lowest BCUT2D eigenvalue weighted by molar-refractivity contribution is 0.0989. The average Bonchev–Trinajstić information content (AvgIpc) is 2.66. The SMILES string of the molecule is CCN(CCOC(=O)Oc1ccccc1OC(C)C)c1cccc(OC)c1. The van der Waals surface area contributed by atoms with E-state index >= 15 is 0 Å². The summed E-state index contributed by atoms with van der Waals surface area (Å²) in [6.45, 7) is 7.38. The smallest absolute Gasteiger partial charge is 0.497 e. The molecule has 27 heavy (non-hydrogen) atoms. The first-order chi connectivity index (χ1) is 13.0. The topological polar surface area (TPSA) is 57.2 Å². The molecule has 6 nitrogen and oxygen atoms in total. The summed E-state index contributed by atoms with van der Waals surface area (Å²) >= 11 is 0. The Morgan fingerprint density at radius 3 is 2.48 bits per heavy atom. The summed E-state index contributed by atoms with van der Waals surface area (Å²) in [5.74, 6) is 1.64. The van der Waals surface area contributed by atoms with Crippen molar-refractivity contribution in [3.8, 4) is 17.2 Å². The number of benzene rings is 2. The Morgan fingerprint density at radius 2 is 1.81 bits per heavy atom. The molecule has 0 saturated carbocycles. The number of likely N-dealkylation sites (N-methyl/N-ethyl adjacent to an activating group) is 1. The standard InChI is InChI=1S/C21H27NO5/c1-5-22(17-9-8-10-18(15-17)24-4)13-14-25-21(23)27-20-12-7-6-11-19(20)26-16(2)3/h6-12,15-16H,5,13-14H2,1-4H3. The van der Waals surface area contributed by atoms with Gasteiger partial charge in [0, 0.05) is 18.3 Å². The molecular formula is C21H27NO5. The van der Waals surface area contributed by atoms with Crippen LogP contribution in [0, 0.1) is 0 Å². The van der Waals surface area contributed by atoms with Crippen LogP contribution in [-0.4, -0.2) is 39.1 Å². The maximum Gasteiger partial charge on any atom is 0.514 e. The average molecular weight is 373 g/mol. The van der Waals surface area contributed by atoms with Gasteiger partial charge in [-0.25, -0.2) is 4.79 Å². The van der Waals surface area contributed by atoms with Gasteiger partial charge in [0.1, 0.15) is 12.4 Å².